The molecule has 0 spiro atoms. The molecule has 1 aliphatic carbocycles. The van der Waals surface area contributed by atoms with Gasteiger partial charge < -0.3 is 5.32 Å². The van der Waals surface area contributed by atoms with Gasteiger partial charge in [0.1, 0.15) is 5.03 Å². The van der Waals surface area contributed by atoms with E-state index in [9.17, 15) is 9.59 Å². The summed E-state index contributed by atoms with van der Waals surface area (Å²) in [5.74, 6) is -0.357. The number of imide groups is 1. The van der Waals surface area contributed by atoms with Gasteiger partial charge in [-0.15, -0.1) is 0 Å². The van der Waals surface area contributed by atoms with Gasteiger partial charge in [-0.25, -0.2) is 9.78 Å². The smallest absolute Gasteiger partial charge is 0.321 e. The van der Waals surface area contributed by atoms with Crippen molar-refractivity contribution in [2.24, 2.45) is 0 Å². The molecule has 1 aliphatic rings. The first-order valence-electron chi connectivity index (χ1n) is 5.95. The fraction of sp³-hybridized carbons (Fsp3) is 0.417. The summed E-state index contributed by atoms with van der Waals surface area (Å²) in [5, 5.41) is 5.63. The summed E-state index contributed by atoms with van der Waals surface area (Å²) < 4.78 is 0. The summed E-state index contributed by atoms with van der Waals surface area (Å²) >= 11 is 7.18. The maximum atomic E-state index is 11.8. The Hall–Kier alpha value is -1.27. The highest BCUT2D eigenvalue weighted by atomic mass is 35.5. The maximum absolute atomic E-state index is 11.8. The molecule has 2 N–H and O–H groups in total. The Morgan fingerprint density at radius 1 is 1.53 bits per heavy atom. The molecule has 1 heterocycles. The van der Waals surface area contributed by atoms with Crippen LogP contribution in [0.2, 0.25) is 5.02 Å². The number of pyridine rings is 1. The molecule has 2 rings (SSSR count). The van der Waals surface area contributed by atoms with Gasteiger partial charge in [0.05, 0.1) is 10.3 Å². The highest BCUT2D eigenvalue weighted by Crippen LogP contribution is 2.27. The molecule has 0 aliphatic heterocycles. The quantitative estimate of drug-likeness (QED) is 0.836. The second kappa shape index (κ2) is 6.25. The van der Waals surface area contributed by atoms with Crippen molar-refractivity contribution in [3.63, 3.8) is 0 Å². The summed E-state index contributed by atoms with van der Waals surface area (Å²) in [6.07, 6.45) is 3.57. The lowest BCUT2D eigenvalue weighted by molar-refractivity contribution is -0.119. The minimum atomic E-state index is -0.447. The molecule has 7 heteroatoms. The van der Waals surface area contributed by atoms with Gasteiger partial charge in [0.2, 0.25) is 5.91 Å². The molecule has 1 fully saturated rings. The fourth-order valence-electron chi connectivity index (χ4n) is 1.34. The predicted molar refractivity (Wildman–Crippen MR) is 74.3 cm³/mol. The minimum absolute atomic E-state index is 0.223. The molecule has 0 bridgehead atoms. The Morgan fingerprint density at radius 3 is 2.89 bits per heavy atom. The molecule has 0 saturated heterocycles. The number of carbonyl (C=O) groups is 2. The van der Waals surface area contributed by atoms with Crippen LogP contribution in [0.15, 0.2) is 23.4 Å². The van der Waals surface area contributed by atoms with E-state index < -0.39 is 11.3 Å². The van der Waals surface area contributed by atoms with Gasteiger partial charge in [0.15, 0.2) is 0 Å². The lowest BCUT2D eigenvalue weighted by atomic mass is 10.4. The van der Waals surface area contributed by atoms with Crippen molar-refractivity contribution in [2.45, 2.75) is 36.1 Å². The zero-order valence-electron chi connectivity index (χ0n) is 10.4. The van der Waals surface area contributed by atoms with Crippen LogP contribution in [0.5, 0.6) is 0 Å². The van der Waals surface area contributed by atoms with Crippen molar-refractivity contribution in [3.8, 4) is 0 Å². The van der Waals surface area contributed by atoms with Gasteiger partial charge in [-0.1, -0.05) is 23.4 Å². The number of hydrogen-bond donors (Lipinski definition) is 2. The lowest BCUT2D eigenvalue weighted by Gasteiger charge is -2.11. The van der Waals surface area contributed by atoms with E-state index in [1.54, 1.807) is 25.3 Å². The second-order valence-corrected chi connectivity index (χ2v) is 6.02. The number of aromatic nitrogens is 1. The van der Waals surface area contributed by atoms with Crippen LogP contribution in [0.25, 0.3) is 0 Å². The number of hydrogen-bond acceptors (Lipinski definition) is 4. The van der Waals surface area contributed by atoms with Gasteiger partial charge in [0.25, 0.3) is 0 Å². The normalized spacial score (nSPS) is 15.7. The Balaban J connectivity index is 1.84. The van der Waals surface area contributed by atoms with Gasteiger partial charge in [-0.3, -0.25) is 10.1 Å². The third-order valence-electron chi connectivity index (χ3n) is 2.53. The molecule has 1 atom stereocenters. The second-order valence-electron chi connectivity index (χ2n) is 4.29. The van der Waals surface area contributed by atoms with Gasteiger partial charge in [-0.2, -0.15) is 0 Å². The number of carbonyl (C=O) groups excluding carboxylic acids is 2. The molecule has 3 amide bonds. The zero-order valence-corrected chi connectivity index (χ0v) is 11.9. The summed E-state index contributed by atoms with van der Waals surface area (Å²) in [7, 11) is 0. The summed E-state index contributed by atoms with van der Waals surface area (Å²) in [6, 6.07) is 3.22. The van der Waals surface area contributed by atoms with E-state index in [2.05, 4.69) is 15.6 Å². The average Bonchev–Trinajstić information content (AvgIpc) is 3.15. The van der Waals surface area contributed by atoms with Gasteiger partial charge in [-0.05, 0) is 31.9 Å². The highest BCUT2D eigenvalue weighted by Gasteiger charge is 2.25. The van der Waals surface area contributed by atoms with Crippen LogP contribution in [0.4, 0.5) is 4.79 Å². The summed E-state index contributed by atoms with van der Waals surface area (Å²) in [4.78, 5) is 27.3. The topological polar surface area (TPSA) is 71.1 Å². The summed E-state index contributed by atoms with van der Waals surface area (Å²) in [6.45, 7) is 1.70. The Labute approximate surface area is 120 Å². The van der Waals surface area contributed by atoms with Crippen LogP contribution in [-0.4, -0.2) is 28.2 Å². The molecule has 0 aromatic carbocycles. The van der Waals surface area contributed by atoms with Crippen molar-refractivity contribution >= 4 is 35.3 Å². The molecule has 1 saturated carbocycles. The third-order valence-corrected chi connectivity index (χ3v) is 4.06. The van der Waals surface area contributed by atoms with E-state index in [1.165, 1.54) is 11.8 Å². The molecular formula is C12H14ClN3O2S. The average molecular weight is 300 g/mol. The van der Waals surface area contributed by atoms with E-state index in [-0.39, 0.29) is 11.9 Å². The van der Waals surface area contributed by atoms with Crippen LogP contribution in [0.3, 0.4) is 0 Å². The van der Waals surface area contributed by atoms with E-state index >= 15 is 0 Å². The van der Waals surface area contributed by atoms with Crippen molar-refractivity contribution in [1.82, 2.24) is 15.6 Å². The number of nitrogens with one attached hydrogen (secondary N) is 2. The van der Waals surface area contributed by atoms with Crippen LogP contribution >= 0.6 is 23.4 Å². The fourth-order valence-corrected chi connectivity index (χ4v) is 2.40. The first kappa shape index (κ1) is 14.1. The SMILES string of the molecule is C[C@@H](Sc1ncccc1Cl)C(=O)NC(=O)NC1CC1. The van der Waals surface area contributed by atoms with E-state index in [4.69, 9.17) is 11.6 Å². The van der Waals surface area contributed by atoms with E-state index in [0.717, 1.165) is 12.8 Å². The molecule has 1 aromatic heterocycles. The van der Waals surface area contributed by atoms with Gasteiger partial charge in [0, 0.05) is 12.2 Å². The standard InChI is InChI=1S/C12H14ClN3O2S/c1-7(19-11-9(13)3-2-6-14-11)10(17)16-12(18)15-8-4-5-8/h2-3,6-8H,4-5H2,1H3,(H2,15,16,17,18)/t7-/m1/s1. The molecular weight excluding hydrogens is 286 g/mol. The Kier molecular flexibility index (Phi) is 4.66. The van der Waals surface area contributed by atoms with Gasteiger partial charge >= 0.3 is 6.03 Å². The third kappa shape index (κ3) is 4.40. The van der Waals surface area contributed by atoms with Crippen molar-refractivity contribution in [2.75, 3.05) is 0 Å². The zero-order chi connectivity index (χ0) is 13.8. The minimum Gasteiger partial charge on any atom is -0.335 e. The maximum Gasteiger partial charge on any atom is 0.321 e. The highest BCUT2D eigenvalue weighted by molar-refractivity contribution is 8.00. The number of thioether (sulfide) groups is 1. The Morgan fingerprint density at radius 2 is 2.26 bits per heavy atom. The molecule has 0 unspecified atom stereocenters. The van der Waals surface area contributed by atoms with Crippen LogP contribution < -0.4 is 10.6 Å². The molecule has 1 aromatic rings. The molecule has 102 valence electrons. The number of halogens is 1. The predicted octanol–water partition coefficient (Wildman–Crippen LogP) is 2.20. The lowest BCUT2D eigenvalue weighted by Crippen LogP contribution is -2.43. The van der Waals surface area contributed by atoms with Crippen molar-refractivity contribution < 1.29 is 9.59 Å². The molecule has 5 nitrogen and oxygen atoms in total. The van der Waals surface area contributed by atoms with Crippen molar-refractivity contribution in [1.29, 1.82) is 0 Å². The summed E-state index contributed by atoms with van der Waals surface area (Å²) in [5.41, 5.74) is 0. The van der Waals surface area contributed by atoms with Crippen molar-refractivity contribution in [3.05, 3.63) is 23.4 Å². The Bertz CT molecular complexity index is 494. The van der Waals surface area contributed by atoms with Crippen LogP contribution in [0.1, 0.15) is 19.8 Å². The first-order chi connectivity index (χ1) is 9.06. The number of nitrogens with zero attached hydrogens (tertiary/aromatic N) is 1. The molecule has 19 heavy (non-hydrogen) atoms. The monoisotopic (exact) mass is 299 g/mol. The number of urea groups is 1. The number of amides is 3. The van der Waals surface area contributed by atoms with E-state index in [1.807, 2.05) is 0 Å². The molecule has 0 radical (unpaired) electrons. The van der Waals surface area contributed by atoms with E-state index in [0.29, 0.717) is 10.0 Å². The first-order valence-corrected chi connectivity index (χ1v) is 7.20. The number of rotatable bonds is 4. The van der Waals surface area contributed by atoms with Crippen LogP contribution in [-0.2, 0) is 4.79 Å². The van der Waals surface area contributed by atoms with Crippen LogP contribution in [0, 0.1) is 0 Å². The largest absolute Gasteiger partial charge is 0.335 e.